The van der Waals surface area contributed by atoms with E-state index in [9.17, 15) is 9.90 Å². The van der Waals surface area contributed by atoms with E-state index >= 15 is 0 Å². The van der Waals surface area contributed by atoms with E-state index in [0.717, 1.165) is 5.39 Å². The third-order valence-corrected chi connectivity index (χ3v) is 5.05. The number of anilines is 1. The van der Waals surface area contributed by atoms with E-state index in [-0.39, 0.29) is 17.5 Å². The van der Waals surface area contributed by atoms with Gasteiger partial charge in [0.05, 0.1) is 5.52 Å². The molecule has 0 atom stereocenters. The second kappa shape index (κ2) is 8.20. The number of hydrogen-bond donors (Lipinski definition) is 4. The number of nitrogens with zero attached hydrogens (tertiary/aromatic N) is 3. The molecule has 30 heavy (non-hydrogen) atoms. The molecule has 3 aromatic rings. The molecule has 2 heterocycles. The fraction of sp³-hybridized carbons (Fsp3) is 0.182. The molecule has 4 rings (SSSR count). The molecule has 0 spiro atoms. The zero-order chi connectivity index (χ0) is 21.1. The summed E-state index contributed by atoms with van der Waals surface area (Å²) in [5.41, 5.74) is 2.58. The van der Waals surface area contributed by atoms with Crippen LogP contribution in [0.1, 0.15) is 21.5 Å². The van der Waals surface area contributed by atoms with Crippen molar-refractivity contribution >= 4 is 28.5 Å². The summed E-state index contributed by atoms with van der Waals surface area (Å²) in [5, 5.41) is 24.9. The van der Waals surface area contributed by atoms with Crippen LogP contribution in [0.5, 0.6) is 5.75 Å². The Morgan fingerprint density at radius 2 is 1.90 bits per heavy atom. The molecule has 1 aliphatic heterocycles. The lowest BCUT2D eigenvalue weighted by molar-refractivity contribution is 0.0800. The number of aromatic nitrogens is 2. The van der Waals surface area contributed by atoms with Gasteiger partial charge in [-0.1, -0.05) is 12.2 Å². The summed E-state index contributed by atoms with van der Waals surface area (Å²) in [4.78, 5) is 23.0. The molecule has 0 saturated heterocycles. The Hall–Kier alpha value is -3.94. The number of benzene rings is 2. The lowest BCUT2D eigenvalue weighted by Crippen LogP contribution is -2.28. The number of carbonyl (C=O) groups excluding carboxylic acids is 1. The molecule has 0 aliphatic carbocycles. The van der Waals surface area contributed by atoms with Crippen molar-refractivity contribution < 1.29 is 9.90 Å². The summed E-state index contributed by atoms with van der Waals surface area (Å²) < 4.78 is 0. The molecule has 2 aromatic carbocycles. The van der Waals surface area contributed by atoms with Gasteiger partial charge in [-0.05, 0) is 36.4 Å². The van der Waals surface area contributed by atoms with E-state index in [1.807, 2.05) is 18.2 Å². The minimum Gasteiger partial charge on any atom is -0.508 e. The van der Waals surface area contributed by atoms with Crippen molar-refractivity contribution in [1.29, 1.82) is 5.41 Å². The molecule has 8 heteroatoms. The first-order chi connectivity index (χ1) is 14.6. The van der Waals surface area contributed by atoms with Gasteiger partial charge >= 0.3 is 0 Å². The highest BCUT2D eigenvalue weighted by Crippen LogP contribution is 2.24. The molecule has 4 N–H and O–H groups in total. The highest BCUT2D eigenvalue weighted by molar-refractivity contribution is 6.00. The molecule has 0 radical (unpaired) electrons. The van der Waals surface area contributed by atoms with Gasteiger partial charge in [0.2, 0.25) is 0 Å². The average molecular weight is 402 g/mol. The number of amidine groups is 1. The maximum Gasteiger partial charge on any atom is 0.254 e. The summed E-state index contributed by atoms with van der Waals surface area (Å²) in [5.74, 6) is 0.994. The van der Waals surface area contributed by atoms with Crippen LogP contribution in [-0.4, -0.2) is 51.9 Å². The van der Waals surface area contributed by atoms with Gasteiger partial charge in [-0.15, -0.1) is 0 Å². The SMILES string of the molecule is CNC(=N)c1ccc(O)c(CNc2ncnc3cc(C(=O)N4CC=CC4)ccc23)c1. The normalized spacial score (nSPS) is 12.9. The molecular formula is C22H22N6O2. The fourth-order valence-corrected chi connectivity index (χ4v) is 3.36. The number of carbonyl (C=O) groups is 1. The Labute approximate surface area is 173 Å². The molecule has 1 aromatic heterocycles. The predicted molar refractivity (Wildman–Crippen MR) is 116 cm³/mol. The van der Waals surface area contributed by atoms with Gasteiger partial charge in [0, 0.05) is 48.8 Å². The van der Waals surface area contributed by atoms with Crippen LogP contribution < -0.4 is 10.6 Å². The molecule has 8 nitrogen and oxygen atoms in total. The molecule has 0 unspecified atom stereocenters. The molecule has 0 fully saturated rings. The Kier molecular flexibility index (Phi) is 5.30. The van der Waals surface area contributed by atoms with Crippen LogP contribution in [0.25, 0.3) is 10.9 Å². The first kappa shape index (κ1) is 19.4. The van der Waals surface area contributed by atoms with E-state index in [4.69, 9.17) is 5.41 Å². The second-order valence-corrected chi connectivity index (χ2v) is 6.96. The van der Waals surface area contributed by atoms with Crippen molar-refractivity contribution in [3.8, 4) is 5.75 Å². The standard InChI is InChI=1S/C22H22N6O2/c1-24-20(23)14-5-7-19(29)16(10-14)12-25-21-17-6-4-15(11-18(17)26-13-27-21)22(30)28-8-2-3-9-28/h2-7,10-11,13,29H,8-9,12H2,1H3,(H2,23,24)(H,25,26,27). The van der Waals surface area contributed by atoms with Gasteiger partial charge in [-0.25, -0.2) is 9.97 Å². The smallest absolute Gasteiger partial charge is 0.254 e. The summed E-state index contributed by atoms with van der Waals surface area (Å²) >= 11 is 0. The van der Waals surface area contributed by atoms with Crippen molar-refractivity contribution in [2.75, 3.05) is 25.5 Å². The Balaban J connectivity index is 1.56. The van der Waals surface area contributed by atoms with E-state index in [2.05, 4.69) is 20.6 Å². The summed E-state index contributed by atoms with van der Waals surface area (Å²) in [6, 6.07) is 10.4. The van der Waals surface area contributed by atoms with Crippen molar-refractivity contribution in [2.45, 2.75) is 6.54 Å². The summed E-state index contributed by atoms with van der Waals surface area (Å²) in [6.07, 6.45) is 5.40. The molecule has 1 amide bonds. The maximum atomic E-state index is 12.6. The summed E-state index contributed by atoms with van der Waals surface area (Å²) in [6.45, 7) is 1.57. The van der Waals surface area contributed by atoms with Gasteiger partial charge in [0.1, 0.15) is 23.7 Å². The topological polar surface area (TPSA) is 114 Å². The number of amides is 1. The first-order valence-electron chi connectivity index (χ1n) is 9.58. The van der Waals surface area contributed by atoms with Gasteiger partial charge in [0.25, 0.3) is 5.91 Å². The summed E-state index contributed by atoms with van der Waals surface area (Å²) in [7, 11) is 1.68. The minimum absolute atomic E-state index is 0.0243. The zero-order valence-electron chi connectivity index (χ0n) is 16.5. The number of rotatable bonds is 5. The van der Waals surface area contributed by atoms with Crippen molar-refractivity contribution in [3.05, 3.63) is 71.6 Å². The van der Waals surface area contributed by atoms with Crippen LogP contribution in [0.15, 0.2) is 54.9 Å². The van der Waals surface area contributed by atoms with Gasteiger partial charge < -0.3 is 20.6 Å². The Morgan fingerprint density at radius 1 is 1.13 bits per heavy atom. The fourth-order valence-electron chi connectivity index (χ4n) is 3.36. The maximum absolute atomic E-state index is 12.6. The molecule has 152 valence electrons. The highest BCUT2D eigenvalue weighted by atomic mass is 16.3. The quantitative estimate of drug-likeness (QED) is 0.296. The number of fused-ring (bicyclic) bond motifs is 1. The lowest BCUT2D eigenvalue weighted by atomic mass is 10.1. The Bertz CT molecular complexity index is 1150. The van der Waals surface area contributed by atoms with Crippen LogP contribution in [0.4, 0.5) is 5.82 Å². The van der Waals surface area contributed by atoms with E-state index < -0.39 is 0 Å². The number of aromatic hydroxyl groups is 1. The highest BCUT2D eigenvalue weighted by Gasteiger charge is 2.17. The van der Waals surface area contributed by atoms with Gasteiger partial charge in [-0.2, -0.15) is 0 Å². The van der Waals surface area contributed by atoms with Crippen LogP contribution >= 0.6 is 0 Å². The first-order valence-corrected chi connectivity index (χ1v) is 9.58. The van der Waals surface area contributed by atoms with Crippen molar-refractivity contribution in [3.63, 3.8) is 0 Å². The second-order valence-electron chi connectivity index (χ2n) is 6.96. The third kappa shape index (κ3) is 3.80. The molecular weight excluding hydrogens is 380 g/mol. The zero-order valence-corrected chi connectivity index (χ0v) is 16.5. The van der Waals surface area contributed by atoms with Crippen molar-refractivity contribution in [2.24, 2.45) is 0 Å². The third-order valence-electron chi connectivity index (χ3n) is 5.05. The predicted octanol–water partition coefficient (Wildman–Crippen LogP) is 2.50. The lowest BCUT2D eigenvalue weighted by Gasteiger charge is -2.16. The number of nitrogens with one attached hydrogen (secondary N) is 3. The molecule has 1 aliphatic rings. The molecule has 0 saturated carbocycles. The van der Waals surface area contributed by atoms with Gasteiger partial charge in [-0.3, -0.25) is 10.2 Å². The largest absolute Gasteiger partial charge is 0.508 e. The van der Waals surface area contributed by atoms with E-state index in [1.54, 1.807) is 42.3 Å². The van der Waals surface area contributed by atoms with Crippen LogP contribution in [-0.2, 0) is 6.54 Å². The van der Waals surface area contributed by atoms with Crippen LogP contribution in [0, 0.1) is 5.41 Å². The van der Waals surface area contributed by atoms with Crippen molar-refractivity contribution in [1.82, 2.24) is 20.2 Å². The average Bonchev–Trinajstić information content (AvgIpc) is 3.32. The number of hydrogen-bond acceptors (Lipinski definition) is 6. The van der Waals surface area contributed by atoms with E-state index in [1.165, 1.54) is 6.33 Å². The van der Waals surface area contributed by atoms with Crippen LogP contribution in [0.3, 0.4) is 0 Å². The van der Waals surface area contributed by atoms with Crippen LogP contribution in [0.2, 0.25) is 0 Å². The number of phenolic OH excluding ortho intramolecular Hbond substituents is 1. The molecule has 0 bridgehead atoms. The monoisotopic (exact) mass is 402 g/mol. The Morgan fingerprint density at radius 3 is 2.67 bits per heavy atom. The van der Waals surface area contributed by atoms with Gasteiger partial charge in [0.15, 0.2) is 0 Å². The minimum atomic E-state index is -0.0243. The van der Waals surface area contributed by atoms with E-state index in [0.29, 0.717) is 47.7 Å². The number of phenols is 1.